The highest BCUT2D eigenvalue weighted by atomic mass is 16.5. The number of hydrogen-bond donors (Lipinski definition) is 0. The first-order valence-corrected chi connectivity index (χ1v) is 19.9. The van der Waals surface area contributed by atoms with Crippen LogP contribution in [0.1, 0.15) is 26.3 Å². The SMILES string of the molecule is CC(C)(C)c1ccnc(-n2c3ccccc3c3ccc(Oc4cccc(N5CN(c6ccccc6-n6c7ccccc7c7ccccc76)c6ccccc65)c4)cc32)c1. The summed E-state index contributed by atoms with van der Waals surface area (Å²) in [6.45, 7) is 7.36. The third-order valence-electron chi connectivity index (χ3n) is 11.6. The Morgan fingerprint density at radius 2 is 0.983 bits per heavy atom. The smallest absolute Gasteiger partial charge is 0.137 e. The first-order chi connectivity index (χ1) is 28.4. The molecule has 6 heteroatoms. The maximum atomic E-state index is 6.72. The second-order valence-electron chi connectivity index (χ2n) is 16.1. The highest BCUT2D eigenvalue weighted by molar-refractivity contribution is 6.10. The van der Waals surface area contributed by atoms with Crippen LogP contribution in [-0.2, 0) is 5.41 Å². The average Bonchev–Trinajstić information content (AvgIpc) is 3.92. The first kappa shape index (κ1) is 34.0. The van der Waals surface area contributed by atoms with Crippen molar-refractivity contribution in [1.82, 2.24) is 14.1 Å². The van der Waals surface area contributed by atoms with Gasteiger partial charge in [-0.2, -0.15) is 0 Å². The van der Waals surface area contributed by atoms with E-state index in [2.05, 4.69) is 210 Å². The Bertz CT molecular complexity index is 3150. The highest BCUT2D eigenvalue weighted by Crippen LogP contribution is 2.47. The average molecular weight is 752 g/mol. The largest absolute Gasteiger partial charge is 0.457 e. The fourth-order valence-corrected chi connectivity index (χ4v) is 8.82. The molecule has 0 N–H and O–H groups in total. The van der Waals surface area contributed by atoms with Crippen molar-refractivity contribution in [2.24, 2.45) is 0 Å². The molecule has 6 nitrogen and oxygen atoms in total. The number of fused-ring (bicyclic) bond motifs is 7. The lowest BCUT2D eigenvalue weighted by Gasteiger charge is -2.25. The summed E-state index contributed by atoms with van der Waals surface area (Å²) >= 11 is 0. The number of benzene rings is 7. The van der Waals surface area contributed by atoms with Crippen LogP contribution >= 0.6 is 0 Å². The van der Waals surface area contributed by atoms with Crippen LogP contribution in [0.5, 0.6) is 11.5 Å². The predicted octanol–water partition coefficient (Wildman–Crippen LogP) is 13.6. The van der Waals surface area contributed by atoms with Crippen molar-refractivity contribution in [2.75, 3.05) is 16.5 Å². The molecule has 11 rings (SSSR count). The van der Waals surface area contributed by atoms with Gasteiger partial charge in [-0.05, 0) is 89.8 Å². The van der Waals surface area contributed by atoms with Gasteiger partial charge < -0.3 is 19.1 Å². The number of ether oxygens (including phenoxy) is 1. The normalized spacial score (nSPS) is 12.9. The summed E-state index contributed by atoms with van der Waals surface area (Å²) < 4.78 is 11.4. The van der Waals surface area contributed by atoms with Crippen LogP contribution in [0, 0.1) is 0 Å². The minimum Gasteiger partial charge on any atom is -0.457 e. The number of rotatable bonds is 6. The van der Waals surface area contributed by atoms with Crippen molar-refractivity contribution < 1.29 is 4.74 Å². The van der Waals surface area contributed by atoms with Gasteiger partial charge in [0, 0.05) is 45.6 Å². The summed E-state index contributed by atoms with van der Waals surface area (Å²) in [4.78, 5) is 9.67. The number of pyridine rings is 1. The number of anilines is 4. The monoisotopic (exact) mass is 751 g/mol. The van der Waals surface area contributed by atoms with Gasteiger partial charge in [0.25, 0.3) is 0 Å². The lowest BCUT2D eigenvalue weighted by Crippen LogP contribution is -2.24. The van der Waals surface area contributed by atoms with Crippen molar-refractivity contribution in [3.05, 3.63) is 188 Å². The summed E-state index contributed by atoms with van der Waals surface area (Å²) in [5.41, 5.74) is 11.4. The van der Waals surface area contributed by atoms with Crippen molar-refractivity contribution in [2.45, 2.75) is 26.2 Å². The lowest BCUT2D eigenvalue weighted by atomic mass is 9.88. The van der Waals surface area contributed by atoms with E-state index in [1.165, 1.54) is 32.8 Å². The zero-order valence-electron chi connectivity index (χ0n) is 32.7. The molecule has 3 aromatic heterocycles. The molecule has 0 fully saturated rings. The fraction of sp³-hybridized carbons (Fsp3) is 0.0962. The van der Waals surface area contributed by atoms with E-state index in [-0.39, 0.29) is 5.41 Å². The minimum atomic E-state index is -0.00163. The van der Waals surface area contributed by atoms with Crippen molar-refractivity contribution >= 4 is 66.4 Å². The first-order valence-electron chi connectivity index (χ1n) is 19.9. The van der Waals surface area contributed by atoms with Crippen LogP contribution in [-0.4, -0.2) is 20.8 Å². The van der Waals surface area contributed by atoms with E-state index in [4.69, 9.17) is 9.72 Å². The van der Waals surface area contributed by atoms with E-state index in [0.29, 0.717) is 6.67 Å². The quantitative estimate of drug-likeness (QED) is 0.170. The van der Waals surface area contributed by atoms with Crippen molar-refractivity contribution in [1.29, 1.82) is 0 Å². The summed E-state index contributed by atoms with van der Waals surface area (Å²) in [6, 6.07) is 62.5. The molecule has 0 saturated carbocycles. The molecule has 0 amide bonds. The van der Waals surface area contributed by atoms with Crippen LogP contribution < -0.4 is 14.5 Å². The van der Waals surface area contributed by atoms with Crippen molar-refractivity contribution in [3.63, 3.8) is 0 Å². The molecule has 1 aliphatic rings. The van der Waals surface area contributed by atoms with Gasteiger partial charge in [0.05, 0.1) is 44.8 Å². The van der Waals surface area contributed by atoms with E-state index in [1.807, 2.05) is 12.3 Å². The molecular formula is C52H41N5O. The van der Waals surface area contributed by atoms with Crippen LogP contribution in [0.4, 0.5) is 22.7 Å². The molecule has 0 radical (unpaired) electrons. The summed E-state index contributed by atoms with van der Waals surface area (Å²) in [6.07, 6.45) is 1.92. The van der Waals surface area contributed by atoms with Crippen LogP contribution in [0.15, 0.2) is 182 Å². The topological polar surface area (TPSA) is 38.5 Å². The number of nitrogens with zero attached hydrogens (tertiary/aromatic N) is 5. The summed E-state index contributed by atoms with van der Waals surface area (Å²) in [5.74, 6) is 2.44. The maximum Gasteiger partial charge on any atom is 0.137 e. The van der Waals surface area contributed by atoms with Gasteiger partial charge in [-0.25, -0.2) is 4.98 Å². The zero-order valence-corrected chi connectivity index (χ0v) is 32.7. The predicted molar refractivity (Wildman–Crippen MR) is 240 cm³/mol. The molecule has 4 heterocycles. The van der Waals surface area contributed by atoms with Gasteiger partial charge in [-0.3, -0.25) is 4.57 Å². The Morgan fingerprint density at radius 1 is 0.448 bits per heavy atom. The van der Waals surface area contributed by atoms with E-state index in [9.17, 15) is 0 Å². The third-order valence-corrected chi connectivity index (χ3v) is 11.6. The van der Waals surface area contributed by atoms with Gasteiger partial charge in [-0.1, -0.05) is 106 Å². The Labute approximate surface area is 337 Å². The molecule has 280 valence electrons. The maximum absolute atomic E-state index is 6.72. The Morgan fingerprint density at radius 3 is 1.64 bits per heavy atom. The zero-order chi connectivity index (χ0) is 39.0. The molecule has 10 aromatic rings. The number of para-hydroxylation sites is 7. The molecule has 7 aromatic carbocycles. The molecule has 0 aliphatic carbocycles. The van der Waals surface area contributed by atoms with E-state index < -0.39 is 0 Å². The minimum absolute atomic E-state index is 0.00163. The molecule has 0 atom stereocenters. The number of hydrogen-bond acceptors (Lipinski definition) is 4. The molecule has 1 aliphatic heterocycles. The van der Waals surface area contributed by atoms with Crippen LogP contribution in [0.3, 0.4) is 0 Å². The van der Waals surface area contributed by atoms with Crippen LogP contribution in [0.25, 0.3) is 55.1 Å². The molecular weight excluding hydrogens is 711 g/mol. The van der Waals surface area contributed by atoms with Gasteiger partial charge in [0.1, 0.15) is 24.0 Å². The van der Waals surface area contributed by atoms with E-state index in [1.54, 1.807) is 0 Å². The lowest BCUT2D eigenvalue weighted by molar-refractivity contribution is 0.483. The Hall–Kier alpha value is -7.31. The Balaban J connectivity index is 0.963. The summed E-state index contributed by atoms with van der Waals surface area (Å²) in [7, 11) is 0. The van der Waals surface area contributed by atoms with Gasteiger partial charge >= 0.3 is 0 Å². The highest BCUT2D eigenvalue weighted by Gasteiger charge is 2.30. The molecule has 0 spiro atoms. The standard InChI is InChI=1S/C52H41N5O/c1-52(2,3)35-29-30-53-51(31-35)57-45-22-9-6-19-41(45)42-28-27-38(33-50(42)57)58-37-16-14-15-36(32-37)54-34-55(47-24-11-10-23-46(47)54)48-25-12-13-26-49(48)56-43-20-7-4-17-39(43)40-18-5-8-21-44(40)56/h4-33H,34H2,1-3H3. The third kappa shape index (κ3) is 5.44. The second-order valence-corrected chi connectivity index (χ2v) is 16.1. The van der Waals surface area contributed by atoms with E-state index in [0.717, 1.165) is 62.2 Å². The van der Waals surface area contributed by atoms with Gasteiger partial charge in [0.2, 0.25) is 0 Å². The molecule has 0 bridgehead atoms. The molecule has 0 saturated heterocycles. The Kier molecular flexibility index (Phi) is 7.70. The summed E-state index contributed by atoms with van der Waals surface area (Å²) in [5, 5.41) is 4.85. The van der Waals surface area contributed by atoms with E-state index >= 15 is 0 Å². The number of aromatic nitrogens is 3. The van der Waals surface area contributed by atoms with Gasteiger partial charge in [0.15, 0.2) is 0 Å². The van der Waals surface area contributed by atoms with Crippen molar-refractivity contribution in [3.8, 4) is 23.0 Å². The van der Waals surface area contributed by atoms with Gasteiger partial charge in [-0.15, -0.1) is 0 Å². The molecule has 0 unspecified atom stereocenters. The fourth-order valence-electron chi connectivity index (χ4n) is 8.82. The van der Waals surface area contributed by atoms with Crippen LogP contribution in [0.2, 0.25) is 0 Å². The second kappa shape index (κ2) is 13.1. The molecule has 58 heavy (non-hydrogen) atoms.